The van der Waals surface area contributed by atoms with Gasteiger partial charge in [0.1, 0.15) is 12.1 Å². The summed E-state index contributed by atoms with van der Waals surface area (Å²) in [6.45, 7) is 3.98. The van der Waals surface area contributed by atoms with Crippen LogP contribution in [-0.4, -0.2) is 31.7 Å². The first-order valence-corrected chi connectivity index (χ1v) is 11.3. The number of carbonyl (C=O) groups excluding carboxylic acids is 1. The van der Waals surface area contributed by atoms with Gasteiger partial charge >= 0.3 is 0 Å². The number of benzene rings is 2. The van der Waals surface area contributed by atoms with E-state index in [1.54, 1.807) is 11.0 Å². The van der Waals surface area contributed by atoms with E-state index in [4.69, 9.17) is 0 Å². The fraction of sp³-hybridized carbons (Fsp3) is 0.231. The molecule has 0 spiro atoms. The van der Waals surface area contributed by atoms with Gasteiger partial charge in [0.25, 0.3) is 5.91 Å². The smallest absolute Gasteiger partial charge is 0.255 e. The maximum Gasteiger partial charge on any atom is 0.255 e. The van der Waals surface area contributed by atoms with E-state index in [0.717, 1.165) is 33.9 Å². The predicted molar refractivity (Wildman–Crippen MR) is 134 cm³/mol. The van der Waals surface area contributed by atoms with Gasteiger partial charge in [0, 0.05) is 42.3 Å². The second-order valence-electron chi connectivity index (χ2n) is 8.75. The molecule has 1 aliphatic rings. The van der Waals surface area contributed by atoms with E-state index in [2.05, 4.69) is 31.0 Å². The molecule has 2 aromatic heterocycles. The molecule has 1 aliphatic carbocycles. The number of rotatable bonds is 7. The van der Waals surface area contributed by atoms with Gasteiger partial charge in [-0.05, 0) is 56.5 Å². The third-order valence-electron chi connectivity index (χ3n) is 5.73. The van der Waals surface area contributed by atoms with Crippen molar-refractivity contribution in [3.63, 3.8) is 0 Å². The Kier molecular flexibility index (Phi) is 5.71. The molecule has 172 valence electrons. The van der Waals surface area contributed by atoms with E-state index < -0.39 is 0 Å². The molecule has 0 atom stereocenters. The lowest BCUT2D eigenvalue weighted by atomic mass is 10.1. The van der Waals surface area contributed by atoms with Crippen molar-refractivity contribution < 1.29 is 4.79 Å². The lowest BCUT2D eigenvalue weighted by Gasteiger charge is -2.12. The summed E-state index contributed by atoms with van der Waals surface area (Å²) in [7, 11) is 1.88. The van der Waals surface area contributed by atoms with Gasteiger partial charge in [-0.25, -0.2) is 9.97 Å². The van der Waals surface area contributed by atoms with Gasteiger partial charge in [-0.2, -0.15) is 5.10 Å². The van der Waals surface area contributed by atoms with Gasteiger partial charge in [-0.15, -0.1) is 0 Å². The van der Waals surface area contributed by atoms with Crippen LogP contribution in [0.5, 0.6) is 0 Å². The van der Waals surface area contributed by atoms with Crippen LogP contribution in [0.4, 0.5) is 23.0 Å². The molecule has 0 bridgehead atoms. The molecule has 4 aromatic rings. The minimum Gasteiger partial charge on any atom is -0.367 e. The van der Waals surface area contributed by atoms with Crippen LogP contribution in [-0.2, 0) is 7.05 Å². The number of hydrogen-bond donors (Lipinski definition) is 3. The van der Waals surface area contributed by atoms with Crippen molar-refractivity contribution in [2.45, 2.75) is 32.7 Å². The van der Waals surface area contributed by atoms with Crippen LogP contribution in [0.15, 0.2) is 61.1 Å². The van der Waals surface area contributed by atoms with Gasteiger partial charge in [0.05, 0.1) is 11.3 Å². The van der Waals surface area contributed by atoms with Crippen molar-refractivity contribution in [3.8, 4) is 11.3 Å². The molecule has 0 radical (unpaired) electrons. The van der Waals surface area contributed by atoms with Gasteiger partial charge < -0.3 is 16.0 Å². The van der Waals surface area contributed by atoms with E-state index in [1.165, 1.54) is 12.8 Å². The number of aryl methyl sites for hydroxylation is 3. The normalized spacial score (nSPS) is 12.9. The van der Waals surface area contributed by atoms with Crippen LogP contribution >= 0.6 is 0 Å². The first-order chi connectivity index (χ1) is 16.4. The summed E-state index contributed by atoms with van der Waals surface area (Å²) in [6.07, 6.45) is 5.86. The molecule has 8 heteroatoms. The van der Waals surface area contributed by atoms with Crippen molar-refractivity contribution in [2.24, 2.45) is 7.05 Å². The monoisotopic (exact) mass is 453 g/mol. The van der Waals surface area contributed by atoms with E-state index in [1.807, 2.05) is 75.6 Å². The Morgan fingerprint density at radius 2 is 1.91 bits per heavy atom. The summed E-state index contributed by atoms with van der Waals surface area (Å²) in [5, 5.41) is 14.4. The van der Waals surface area contributed by atoms with Gasteiger partial charge in [0.15, 0.2) is 5.82 Å². The van der Waals surface area contributed by atoms with Crippen molar-refractivity contribution in [2.75, 3.05) is 16.0 Å². The first kappa shape index (κ1) is 21.6. The molecular weight excluding hydrogens is 426 g/mol. The number of hydrogen-bond acceptors (Lipinski definition) is 6. The summed E-state index contributed by atoms with van der Waals surface area (Å²) in [4.78, 5) is 21.5. The zero-order valence-electron chi connectivity index (χ0n) is 19.5. The molecule has 2 heterocycles. The maximum absolute atomic E-state index is 12.7. The van der Waals surface area contributed by atoms with Crippen molar-refractivity contribution >= 4 is 28.9 Å². The second-order valence-corrected chi connectivity index (χ2v) is 8.75. The minimum atomic E-state index is -0.145. The molecule has 1 amide bonds. The van der Waals surface area contributed by atoms with E-state index in [-0.39, 0.29) is 5.91 Å². The highest BCUT2D eigenvalue weighted by molar-refractivity contribution is 6.04. The average molecular weight is 454 g/mol. The predicted octanol–water partition coefficient (Wildman–Crippen LogP) is 5.06. The summed E-state index contributed by atoms with van der Waals surface area (Å²) < 4.78 is 1.76. The largest absolute Gasteiger partial charge is 0.367 e. The van der Waals surface area contributed by atoms with Crippen LogP contribution in [0.25, 0.3) is 11.3 Å². The average Bonchev–Trinajstić information content (AvgIpc) is 3.55. The van der Waals surface area contributed by atoms with E-state index in [9.17, 15) is 4.79 Å². The molecule has 34 heavy (non-hydrogen) atoms. The molecule has 3 N–H and O–H groups in total. The number of nitrogens with zero attached hydrogens (tertiary/aromatic N) is 4. The Morgan fingerprint density at radius 1 is 1.06 bits per heavy atom. The van der Waals surface area contributed by atoms with Gasteiger partial charge in [0.2, 0.25) is 0 Å². The lowest BCUT2D eigenvalue weighted by Crippen LogP contribution is -2.12. The van der Waals surface area contributed by atoms with Crippen LogP contribution < -0.4 is 16.0 Å². The molecule has 0 saturated heterocycles. The van der Waals surface area contributed by atoms with Crippen LogP contribution in [0.1, 0.15) is 34.3 Å². The van der Waals surface area contributed by atoms with E-state index in [0.29, 0.717) is 23.1 Å². The summed E-state index contributed by atoms with van der Waals surface area (Å²) in [5.74, 6) is 1.36. The summed E-state index contributed by atoms with van der Waals surface area (Å²) >= 11 is 0. The topological polar surface area (TPSA) is 96.8 Å². The Morgan fingerprint density at radius 3 is 2.71 bits per heavy atom. The van der Waals surface area contributed by atoms with Crippen molar-refractivity contribution in [3.05, 3.63) is 77.7 Å². The highest BCUT2D eigenvalue weighted by Crippen LogP contribution is 2.32. The van der Waals surface area contributed by atoms with E-state index >= 15 is 0 Å². The fourth-order valence-corrected chi connectivity index (χ4v) is 3.74. The van der Waals surface area contributed by atoms with Gasteiger partial charge in [-0.3, -0.25) is 9.48 Å². The molecule has 1 fully saturated rings. The standard InChI is InChI=1S/C26H27N7O/c1-16-5-4-6-18(11-16)26(34)30-20-8-7-17(2)22(12-20)31-25-21(14-33(3)32-25)23-13-24(28-15-27-23)29-19-9-10-19/h4-8,11-15,19H,9-10H2,1-3H3,(H,30,34)(H,31,32)(H,27,28,29). The highest BCUT2D eigenvalue weighted by Gasteiger charge is 2.22. The van der Waals surface area contributed by atoms with Crippen LogP contribution in [0, 0.1) is 13.8 Å². The minimum absolute atomic E-state index is 0.145. The Bertz CT molecular complexity index is 1360. The number of nitrogens with one attached hydrogen (secondary N) is 3. The molecule has 2 aromatic carbocycles. The summed E-state index contributed by atoms with van der Waals surface area (Å²) in [6, 6.07) is 15.8. The van der Waals surface area contributed by atoms with Crippen molar-refractivity contribution in [1.29, 1.82) is 0 Å². The fourth-order valence-electron chi connectivity index (χ4n) is 3.74. The van der Waals surface area contributed by atoms with Crippen LogP contribution in [0.2, 0.25) is 0 Å². The van der Waals surface area contributed by atoms with Gasteiger partial charge in [-0.1, -0.05) is 23.8 Å². The number of amides is 1. The SMILES string of the molecule is Cc1cccc(C(=O)Nc2ccc(C)c(Nc3nn(C)cc3-c3cc(NC4CC4)ncn3)c2)c1. The molecule has 1 saturated carbocycles. The zero-order valence-corrected chi connectivity index (χ0v) is 19.5. The number of aromatic nitrogens is 4. The quantitative estimate of drug-likeness (QED) is 0.362. The highest BCUT2D eigenvalue weighted by atomic mass is 16.1. The maximum atomic E-state index is 12.7. The Hall–Kier alpha value is -4.20. The Labute approximate surface area is 198 Å². The zero-order chi connectivity index (χ0) is 23.7. The van der Waals surface area contributed by atoms with Crippen LogP contribution in [0.3, 0.4) is 0 Å². The molecule has 8 nitrogen and oxygen atoms in total. The lowest BCUT2D eigenvalue weighted by molar-refractivity contribution is 0.102. The number of anilines is 4. The second kappa shape index (κ2) is 8.97. The number of carbonyl (C=O) groups is 1. The summed E-state index contributed by atoms with van der Waals surface area (Å²) in [5.41, 5.74) is 5.92. The molecule has 5 rings (SSSR count). The molecule has 0 unspecified atom stereocenters. The first-order valence-electron chi connectivity index (χ1n) is 11.3. The molecular formula is C26H27N7O. The third-order valence-corrected chi connectivity index (χ3v) is 5.73. The molecule has 0 aliphatic heterocycles. The Balaban J connectivity index is 1.39. The third kappa shape index (κ3) is 4.91. The van der Waals surface area contributed by atoms with Crippen molar-refractivity contribution in [1.82, 2.24) is 19.7 Å².